The van der Waals surface area contributed by atoms with Gasteiger partial charge in [0.25, 0.3) is 0 Å². The van der Waals surface area contributed by atoms with Crippen molar-refractivity contribution in [3.8, 4) is 17.2 Å². The van der Waals surface area contributed by atoms with E-state index in [-0.39, 0.29) is 0 Å². The number of hydrogen-bond donors (Lipinski definition) is 0. The van der Waals surface area contributed by atoms with Crippen LogP contribution in [0.1, 0.15) is 16.7 Å². The second kappa shape index (κ2) is 11.4. The summed E-state index contributed by atoms with van der Waals surface area (Å²) in [5.74, 6) is 1.86. The largest absolute Gasteiger partial charge is 0.422 e. The van der Waals surface area contributed by atoms with E-state index in [0.717, 1.165) is 36.3 Å². The maximum absolute atomic E-state index is 6.29. The fraction of sp³-hybridized carbons (Fsp3) is 0.250. The summed E-state index contributed by atoms with van der Waals surface area (Å²) in [6.45, 7) is 3.44. The smallest absolute Gasteiger partial charge is 0.406 e. The summed E-state index contributed by atoms with van der Waals surface area (Å²) < 4.78 is 18.9. The summed E-state index contributed by atoms with van der Waals surface area (Å²) in [6, 6.07) is 23.2. The Bertz CT molecular complexity index is 1070. The van der Waals surface area contributed by atoms with E-state index >= 15 is 0 Å². The first-order valence-electron chi connectivity index (χ1n) is 11.8. The first kappa shape index (κ1) is 22.8. The Labute approximate surface area is 205 Å². The molecule has 35 heavy (non-hydrogen) atoms. The van der Waals surface area contributed by atoms with Gasteiger partial charge in [0, 0.05) is 55.0 Å². The minimum atomic E-state index is -1.05. The van der Waals surface area contributed by atoms with Crippen LogP contribution in [-0.2, 0) is 0 Å². The van der Waals surface area contributed by atoms with Crippen molar-refractivity contribution in [3.05, 3.63) is 89.5 Å². The fourth-order valence-electron chi connectivity index (χ4n) is 3.89. The predicted octanol–water partition coefficient (Wildman–Crippen LogP) is 4.09. The molecule has 3 aliphatic rings. The van der Waals surface area contributed by atoms with Crippen molar-refractivity contribution in [3.63, 3.8) is 0 Å². The summed E-state index contributed by atoms with van der Waals surface area (Å²) in [4.78, 5) is 16.3. The van der Waals surface area contributed by atoms with Gasteiger partial charge in [-0.2, -0.15) is 0 Å². The van der Waals surface area contributed by atoms with E-state index in [9.17, 15) is 0 Å². The molecule has 0 aromatic heterocycles. The van der Waals surface area contributed by atoms with E-state index in [2.05, 4.69) is 19.9 Å². The molecule has 0 aliphatic carbocycles. The third-order valence-corrected chi connectivity index (χ3v) is 5.75. The zero-order valence-electron chi connectivity index (χ0n) is 19.5. The molecular formula is C28H28N4O3. The number of aliphatic imine (C=N–C) groups is 3. The molecule has 0 fully saturated rings. The second-order valence-electron chi connectivity index (χ2n) is 8.20. The molecule has 7 nitrogen and oxygen atoms in total. The van der Waals surface area contributed by atoms with E-state index in [4.69, 9.17) is 14.2 Å². The van der Waals surface area contributed by atoms with Crippen molar-refractivity contribution in [2.24, 2.45) is 15.0 Å². The van der Waals surface area contributed by atoms with Crippen LogP contribution < -0.4 is 14.2 Å². The highest BCUT2D eigenvalue weighted by Gasteiger charge is 2.19. The minimum absolute atomic E-state index is 0.620. The van der Waals surface area contributed by atoms with Crippen LogP contribution in [0.2, 0.25) is 0 Å². The molecule has 0 saturated heterocycles. The topological polar surface area (TPSA) is 68.0 Å². The second-order valence-corrected chi connectivity index (χ2v) is 8.20. The lowest BCUT2D eigenvalue weighted by molar-refractivity contribution is -0.140. The fourth-order valence-corrected chi connectivity index (χ4v) is 3.89. The molecule has 3 aliphatic heterocycles. The van der Waals surface area contributed by atoms with Gasteiger partial charge in [-0.25, -0.2) is 0 Å². The van der Waals surface area contributed by atoms with Crippen molar-refractivity contribution in [1.29, 1.82) is 0 Å². The highest BCUT2D eigenvalue weighted by molar-refractivity contribution is 5.84. The van der Waals surface area contributed by atoms with E-state index in [1.807, 2.05) is 91.4 Å². The third kappa shape index (κ3) is 6.13. The predicted molar refractivity (Wildman–Crippen MR) is 139 cm³/mol. The van der Waals surface area contributed by atoms with Gasteiger partial charge in [0.15, 0.2) is 0 Å². The molecule has 0 atom stereocenters. The lowest BCUT2D eigenvalue weighted by Crippen LogP contribution is -2.32. The average molecular weight is 469 g/mol. The highest BCUT2D eigenvalue weighted by Crippen LogP contribution is 2.25. The Morgan fingerprint density at radius 1 is 0.514 bits per heavy atom. The van der Waals surface area contributed by atoms with Crippen LogP contribution in [0.15, 0.2) is 87.8 Å². The Kier molecular flexibility index (Phi) is 7.45. The summed E-state index contributed by atoms with van der Waals surface area (Å²) in [5.41, 5.74) is 2.58. The summed E-state index contributed by atoms with van der Waals surface area (Å²) in [7, 11) is 0. The van der Waals surface area contributed by atoms with E-state index < -0.39 is 6.48 Å². The van der Waals surface area contributed by atoms with Crippen molar-refractivity contribution in [1.82, 2.24) is 4.90 Å². The molecule has 0 amide bonds. The lowest BCUT2D eigenvalue weighted by atomic mass is 10.2. The molecule has 3 aromatic rings. The molecule has 0 radical (unpaired) electrons. The molecule has 0 saturated carbocycles. The SMILES string of the molecule is C1=NCCN2CCN=Cc3ccccc3OC(Oc3ccccc31)Oc1ccccc1C=NCC2. The standard InChI is InChI=1S/C28H28N4O3/c1-4-10-25-22(7-1)19-29-13-16-32-17-14-30-20-23-8-2-5-11-26(23)34-28(33-25)35-27-12-6-3-9-24(27)21-31-15-18-32/h1-12,19-21,28H,13-18H2. The molecule has 2 bridgehead atoms. The summed E-state index contributed by atoms with van der Waals surface area (Å²) in [6.07, 6.45) is 5.54. The molecule has 0 spiro atoms. The molecule has 3 aromatic carbocycles. The van der Waals surface area contributed by atoms with Crippen LogP contribution in [0.5, 0.6) is 17.2 Å². The first-order chi connectivity index (χ1) is 17.3. The number of nitrogens with zero attached hydrogens (tertiary/aromatic N) is 4. The summed E-state index contributed by atoms with van der Waals surface area (Å²) >= 11 is 0. The molecule has 0 unspecified atom stereocenters. The van der Waals surface area contributed by atoms with Crippen molar-refractivity contribution >= 4 is 18.6 Å². The Hall–Kier alpha value is -3.97. The van der Waals surface area contributed by atoms with Crippen LogP contribution in [0, 0.1) is 0 Å². The van der Waals surface area contributed by atoms with Crippen LogP contribution >= 0.6 is 0 Å². The molecule has 3 heterocycles. The zero-order chi connectivity index (χ0) is 23.7. The molecular weight excluding hydrogens is 440 g/mol. The van der Waals surface area contributed by atoms with Crippen LogP contribution in [0.4, 0.5) is 0 Å². The highest BCUT2D eigenvalue weighted by atomic mass is 16.8. The van der Waals surface area contributed by atoms with Gasteiger partial charge in [-0.15, -0.1) is 0 Å². The Morgan fingerprint density at radius 3 is 1.23 bits per heavy atom. The van der Waals surface area contributed by atoms with E-state index in [0.29, 0.717) is 36.9 Å². The Morgan fingerprint density at radius 2 is 0.857 bits per heavy atom. The third-order valence-electron chi connectivity index (χ3n) is 5.75. The van der Waals surface area contributed by atoms with Gasteiger partial charge < -0.3 is 14.2 Å². The van der Waals surface area contributed by atoms with Gasteiger partial charge >= 0.3 is 6.48 Å². The molecule has 7 heteroatoms. The van der Waals surface area contributed by atoms with Crippen molar-refractivity contribution < 1.29 is 14.2 Å². The van der Waals surface area contributed by atoms with Gasteiger partial charge in [-0.05, 0) is 36.4 Å². The molecule has 6 rings (SSSR count). The van der Waals surface area contributed by atoms with Gasteiger partial charge in [0.1, 0.15) is 17.2 Å². The number of ether oxygens (including phenoxy) is 3. The molecule has 178 valence electrons. The number of hydrogen-bond acceptors (Lipinski definition) is 7. The Balaban J connectivity index is 1.61. The van der Waals surface area contributed by atoms with Gasteiger partial charge in [0.2, 0.25) is 0 Å². The number of benzene rings is 3. The van der Waals surface area contributed by atoms with E-state index in [1.165, 1.54) is 0 Å². The first-order valence-corrected chi connectivity index (χ1v) is 11.8. The van der Waals surface area contributed by atoms with Crippen LogP contribution in [0.25, 0.3) is 0 Å². The summed E-state index contributed by atoms with van der Waals surface area (Å²) in [5, 5.41) is 0. The number of rotatable bonds is 0. The minimum Gasteiger partial charge on any atom is -0.422 e. The van der Waals surface area contributed by atoms with Gasteiger partial charge in [-0.3, -0.25) is 19.9 Å². The normalized spacial score (nSPS) is 20.2. The monoisotopic (exact) mass is 468 g/mol. The lowest BCUT2D eigenvalue weighted by Gasteiger charge is -2.24. The maximum Gasteiger partial charge on any atom is 0.406 e. The van der Waals surface area contributed by atoms with E-state index in [1.54, 1.807) is 0 Å². The molecule has 0 N–H and O–H groups in total. The van der Waals surface area contributed by atoms with Gasteiger partial charge in [-0.1, -0.05) is 36.4 Å². The number of para-hydroxylation sites is 3. The van der Waals surface area contributed by atoms with Gasteiger partial charge in [0.05, 0.1) is 19.6 Å². The van der Waals surface area contributed by atoms with Crippen LogP contribution in [-0.4, -0.2) is 69.3 Å². The van der Waals surface area contributed by atoms with Crippen molar-refractivity contribution in [2.45, 2.75) is 6.48 Å². The number of fused-ring (bicyclic) bond motifs is 6. The zero-order valence-corrected chi connectivity index (χ0v) is 19.5. The quantitative estimate of drug-likeness (QED) is 0.498. The van der Waals surface area contributed by atoms with Crippen molar-refractivity contribution in [2.75, 3.05) is 39.3 Å². The maximum atomic E-state index is 6.29. The van der Waals surface area contributed by atoms with Crippen LogP contribution in [0.3, 0.4) is 0 Å². The average Bonchev–Trinajstić information content (AvgIpc) is 2.87.